The number of aromatic nitrogens is 1. The van der Waals surface area contributed by atoms with Crippen molar-refractivity contribution in [1.82, 2.24) is 0 Å². The molecule has 1 aliphatic heterocycles. The first-order valence-electron chi connectivity index (χ1n) is 9.57. The number of rotatable bonds is 5. The van der Waals surface area contributed by atoms with Gasteiger partial charge in [0.2, 0.25) is 5.52 Å². The molecule has 0 fully saturated rings. The molecule has 0 spiro atoms. The van der Waals surface area contributed by atoms with E-state index in [9.17, 15) is 4.79 Å². The van der Waals surface area contributed by atoms with E-state index < -0.39 is 0 Å². The number of benzene rings is 2. The molecule has 0 atom stereocenters. The van der Waals surface area contributed by atoms with Gasteiger partial charge in [-0.25, -0.2) is 4.57 Å². The van der Waals surface area contributed by atoms with E-state index in [2.05, 4.69) is 83.4 Å². The molecule has 146 valence electrons. The van der Waals surface area contributed by atoms with Gasteiger partial charge in [-0.05, 0) is 29.8 Å². The average molecular weight is 404 g/mol. The van der Waals surface area contributed by atoms with Crippen molar-refractivity contribution in [3.8, 4) is 0 Å². The predicted molar refractivity (Wildman–Crippen MR) is 119 cm³/mol. The lowest BCUT2D eigenvalue weighted by molar-refractivity contribution is -0.644. The molecule has 29 heavy (non-hydrogen) atoms. The molecule has 5 heteroatoms. The van der Waals surface area contributed by atoms with Crippen molar-refractivity contribution in [2.24, 2.45) is 7.05 Å². The SMILES string of the molecule is CC(=O)OCCN1C(=CC=Cc2cc[n+](C)c3ccccc23)Sc2ccccc21. The highest BCUT2D eigenvalue weighted by atomic mass is 32.2. The first-order valence-corrected chi connectivity index (χ1v) is 10.4. The number of allylic oxidation sites excluding steroid dienone is 2. The molecular weight excluding hydrogens is 380 g/mol. The second-order valence-electron chi connectivity index (χ2n) is 6.82. The fourth-order valence-electron chi connectivity index (χ4n) is 3.46. The smallest absolute Gasteiger partial charge is 0.302 e. The van der Waals surface area contributed by atoms with Crippen LogP contribution in [-0.4, -0.2) is 19.1 Å². The molecule has 2 heterocycles. The molecule has 0 aliphatic carbocycles. The van der Waals surface area contributed by atoms with Gasteiger partial charge in [-0.2, -0.15) is 0 Å². The number of aryl methyl sites for hydroxylation is 1. The summed E-state index contributed by atoms with van der Waals surface area (Å²) in [6.07, 6.45) is 8.44. The largest absolute Gasteiger partial charge is 0.464 e. The minimum Gasteiger partial charge on any atom is -0.464 e. The van der Waals surface area contributed by atoms with Crippen molar-refractivity contribution >= 4 is 40.4 Å². The molecule has 0 radical (unpaired) electrons. The Morgan fingerprint density at radius 3 is 2.79 bits per heavy atom. The quantitative estimate of drug-likeness (QED) is 0.457. The van der Waals surface area contributed by atoms with E-state index in [1.165, 1.54) is 28.3 Å². The van der Waals surface area contributed by atoms with Crippen molar-refractivity contribution in [3.05, 3.63) is 83.5 Å². The summed E-state index contributed by atoms with van der Waals surface area (Å²) < 4.78 is 7.29. The van der Waals surface area contributed by atoms with Crippen LogP contribution in [0, 0.1) is 0 Å². The van der Waals surface area contributed by atoms with Crippen LogP contribution in [0.5, 0.6) is 0 Å². The molecule has 0 saturated heterocycles. The van der Waals surface area contributed by atoms with E-state index in [0.717, 1.165) is 10.7 Å². The van der Waals surface area contributed by atoms with Crippen molar-refractivity contribution in [3.63, 3.8) is 0 Å². The van der Waals surface area contributed by atoms with Gasteiger partial charge in [0, 0.05) is 24.0 Å². The number of hydrogen-bond donors (Lipinski definition) is 0. The number of carbonyl (C=O) groups excluding carboxylic acids is 1. The standard InChI is InChI=1S/C24H23N2O2S/c1-18(27)28-17-16-26-22-11-5-6-12-23(22)29-24(26)13-7-8-19-14-15-25(2)21-10-4-3-9-20(19)21/h3-15H,16-17H2,1-2H3/q+1. The van der Waals surface area contributed by atoms with Crippen molar-refractivity contribution in [2.75, 3.05) is 18.1 Å². The van der Waals surface area contributed by atoms with Gasteiger partial charge >= 0.3 is 5.97 Å². The zero-order chi connectivity index (χ0) is 20.2. The van der Waals surface area contributed by atoms with Crippen LogP contribution >= 0.6 is 11.8 Å². The lowest BCUT2D eigenvalue weighted by Crippen LogP contribution is -2.28. The van der Waals surface area contributed by atoms with Crippen LogP contribution in [0.3, 0.4) is 0 Å². The van der Waals surface area contributed by atoms with Crippen molar-refractivity contribution < 1.29 is 14.1 Å². The van der Waals surface area contributed by atoms with E-state index in [-0.39, 0.29) is 5.97 Å². The summed E-state index contributed by atoms with van der Waals surface area (Å²) in [6, 6.07) is 18.8. The highest BCUT2D eigenvalue weighted by Gasteiger charge is 2.24. The van der Waals surface area contributed by atoms with Gasteiger partial charge in [-0.1, -0.05) is 48.2 Å². The summed E-state index contributed by atoms with van der Waals surface area (Å²) in [4.78, 5) is 14.6. The van der Waals surface area contributed by atoms with Crippen LogP contribution in [-0.2, 0) is 16.6 Å². The minimum absolute atomic E-state index is 0.250. The molecule has 3 aromatic rings. The number of para-hydroxylation sites is 2. The molecule has 0 N–H and O–H groups in total. The number of thioether (sulfide) groups is 1. The Morgan fingerprint density at radius 1 is 1.14 bits per heavy atom. The van der Waals surface area contributed by atoms with Crippen LogP contribution in [0.2, 0.25) is 0 Å². The monoisotopic (exact) mass is 403 g/mol. The van der Waals surface area contributed by atoms with Crippen molar-refractivity contribution in [2.45, 2.75) is 11.8 Å². The number of nitrogens with zero attached hydrogens (tertiary/aromatic N) is 2. The number of pyridine rings is 1. The summed E-state index contributed by atoms with van der Waals surface area (Å²) in [6.45, 7) is 2.44. The predicted octanol–water partition coefficient (Wildman–Crippen LogP) is 4.69. The van der Waals surface area contributed by atoms with Crippen LogP contribution in [0.25, 0.3) is 17.0 Å². The topological polar surface area (TPSA) is 33.4 Å². The Bertz CT molecular complexity index is 1120. The number of carbonyl (C=O) groups is 1. The zero-order valence-corrected chi connectivity index (χ0v) is 17.4. The third-order valence-electron chi connectivity index (χ3n) is 4.84. The average Bonchev–Trinajstić information content (AvgIpc) is 3.07. The maximum Gasteiger partial charge on any atom is 0.302 e. The van der Waals surface area contributed by atoms with Gasteiger partial charge in [0.1, 0.15) is 13.7 Å². The maximum absolute atomic E-state index is 11.1. The third-order valence-corrected chi connectivity index (χ3v) is 5.97. The van der Waals surface area contributed by atoms with Gasteiger partial charge in [-0.15, -0.1) is 0 Å². The van der Waals surface area contributed by atoms with Crippen LogP contribution in [0.4, 0.5) is 5.69 Å². The highest BCUT2D eigenvalue weighted by Crippen LogP contribution is 2.45. The molecule has 0 bridgehead atoms. The van der Waals surface area contributed by atoms with Crippen LogP contribution < -0.4 is 9.47 Å². The third kappa shape index (κ3) is 4.20. The Balaban J connectivity index is 1.60. The summed E-state index contributed by atoms with van der Waals surface area (Å²) in [7, 11) is 2.06. The fraction of sp³-hybridized carbons (Fsp3) is 0.167. The molecule has 0 saturated carbocycles. The van der Waals surface area contributed by atoms with Crippen LogP contribution in [0.1, 0.15) is 12.5 Å². The lowest BCUT2D eigenvalue weighted by atomic mass is 10.1. The second kappa shape index (κ2) is 8.53. The van der Waals surface area contributed by atoms with E-state index in [4.69, 9.17) is 4.74 Å². The molecule has 0 amide bonds. The summed E-state index contributed by atoms with van der Waals surface area (Å²) in [5.74, 6) is -0.250. The first-order chi connectivity index (χ1) is 14.1. The summed E-state index contributed by atoms with van der Waals surface area (Å²) >= 11 is 1.74. The molecule has 4 nitrogen and oxygen atoms in total. The lowest BCUT2D eigenvalue weighted by Gasteiger charge is -2.19. The fourth-order valence-corrected chi connectivity index (χ4v) is 4.56. The Morgan fingerprint density at radius 2 is 1.93 bits per heavy atom. The molecule has 2 aromatic carbocycles. The Kier molecular flexibility index (Phi) is 5.67. The minimum atomic E-state index is -0.250. The number of fused-ring (bicyclic) bond motifs is 2. The van der Waals surface area contributed by atoms with Crippen molar-refractivity contribution in [1.29, 1.82) is 0 Å². The van der Waals surface area contributed by atoms with E-state index in [1.807, 2.05) is 12.1 Å². The van der Waals surface area contributed by atoms with Gasteiger partial charge in [0.05, 0.1) is 22.6 Å². The number of anilines is 1. The number of esters is 1. The molecule has 1 aliphatic rings. The molecule has 1 aromatic heterocycles. The number of ether oxygens (including phenoxy) is 1. The normalized spacial score (nSPS) is 14.7. The van der Waals surface area contributed by atoms with E-state index in [1.54, 1.807) is 11.8 Å². The van der Waals surface area contributed by atoms with Gasteiger partial charge in [-0.3, -0.25) is 4.79 Å². The first kappa shape index (κ1) is 19.3. The zero-order valence-electron chi connectivity index (χ0n) is 16.5. The Labute approximate surface area is 175 Å². The Hall–Kier alpha value is -3.05. The van der Waals surface area contributed by atoms with E-state index >= 15 is 0 Å². The van der Waals surface area contributed by atoms with E-state index in [0.29, 0.717) is 13.2 Å². The maximum atomic E-state index is 11.1. The van der Waals surface area contributed by atoms with Gasteiger partial charge in [0.25, 0.3) is 0 Å². The summed E-state index contributed by atoms with van der Waals surface area (Å²) in [5.41, 5.74) is 3.54. The molecule has 4 rings (SSSR count). The van der Waals surface area contributed by atoms with Gasteiger partial charge in [0.15, 0.2) is 6.20 Å². The van der Waals surface area contributed by atoms with Crippen LogP contribution in [0.15, 0.2) is 82.9 Å². The second-order valence-corrected chi connectivity index (χ2v) is 7.89. The number of hydrogen-bond acceptors (Lipinski definition) is 4. The summed E-state index contributed by atoms with van der Waals surface area (Å²) in [5, 5.41) is 2.35. The molecular formula is C24H23N2O2S+. The highest BCUT2D eigenvalue weighted by molar-refractivity contribution is 8.03. The molecule has 0 unspecified atom stereocenters. The van der Waals surface area contributed by atoms with Gasteiger partial charge < -0.3 is 9.64 Å².